The van der Waals surface area contributed by atoms with E-state index in [4.69, 9.17) is 10.5 Å². The van der Waals surface area contributed by atoms with Gasteiger partial charge in [-0.3, -0.25) is 0 Å². The first-order chi connectivity index (χ1) is 7.27. The largest absolute Gasteiger partial charge is 0.506 e. The summed E-state index contributed by atoms with van der Waals surface area (Å²) in [4.78, 5) is 0. The van der Waals surface area contributed by atoms with Gasteiger partial charge >= 0.3 is 0 Å². The number of rotatable bonds is 2. The fourth-order valence-corrected chi connectivity index (χ4v) is 1.87. The average molecular weight is 325 g/mol. The molecule has 0 bridgehead atoms. The van der Waals surface area contributed by atoms with E-state index in [2.05, 4.69) is 15.9 Å². The fourth-order valence-electron chi connectivity index (χ4n) is 1.42. The molecule has 0 saturated heterocycles. The monoisotopic (exact) mass is 323 g/mol. The lowest BCUT2D eigenvalue weighted by atomic mass is 9.82. The molecule has 0 spiro atoms. The highest BCUT2D eigenvalue weighted by Gasteiger charge is 2.26. The van der Waals surface area contributed by atoms with Gasteiger partial charge < -0.3 is 15.6 Å². The molecule has 0 heterocycles. The van der Waals surface area contributed by atoms with Crippen molar-refractivity contribution in [3.8, 4) is 11.5 Å². The number of hydrogen-bond acceptors (Lipinski definition) is 3. The Hall–Kier alpha value is -0.450. The van der Waals surface area contributed by atoms with Crippen molar-refractivity contribution in [2.45, 2.75) is 26.8 Å². The zero-order valence-corrected chi connectivity index (χ0v) is 12.9. The van der Waals surface area contributed by atoms with Crippen LogP contribution in [0.4, 0.5) is 0 Å². The Kier molecular flexibility index (Phi) is 5.78. The number of ether oxygens (including phenoxy) is 1. The van der Waals surface area contributed by atoms with Gasteiger partial charge in [-0.1, -0.05) is 20.8 Å². The summed E-state index contributed by atoms with van der Waals surface area (Å²) >= 11 is 3.29. The average Bonchev–Trinajstić information content (AvgIpc) is 2.19. The first-order valence-corrected chi connectivity index (χ1v) is 5.88. The molecule has 0 unspecified atom stereocenters. The molecular weight excluding hydrogens is 305 g/mol. The molecule has 1 atom stereocenters. The third kappa shape index (κ3) is 3.76. The van der Waals surface area contributed by atoms with Crippen molar-refractivity contribution in [1.82, 2.24) is 0 Å². The highest BCUT2D eigenvalue weighted by molar-refractivity contribution is 9.10. The third-order valence-electron chi connectivity index (χ3n) is 2.57. The third-order valence-corrected chi connectivity index (χ3v) is 3.17. The van der Waals surface area contributed by atoms with Crippen LogP contribution >= 0.6 is 28.3 Å². The Morgan fingerprint density at radius 2 is 1.88 bits per heavy atom. The number of hydrogen-bond donors (Lipinski definition) is 2. The van der Waals surface area contributed by atoms with Crippen LogP contribution in [0.15, 0.2) is 16.6 Å². The molecule has 0 aliphatic rings. The maximum atomic E-state index is 9.97. The van der Waals surface area contributed by atoms with Crippen molar-refractivity contribution in [2.24, 2.45) is 11.1 Å². The number of nitrogens with two attached hydrogens (primary N) is 1. The summed E-state index contributed by atoms with van der Waals surface area (Å²) in [5, 5.41) is 9.97. The summed E-state index contributed by atoms with van der Waals surface area (Å²) in [5.74, 6) is 0.864. The van der Waals surface area contributed by atoms with Crippen LogP contribution in [0.3, 0.4) is 0 Å². The molecule has 0 fully saturated rings. The summed E-state index contributed by atoms with van der Waals surface area (Å²) in [6, 6.07) is 3.24. The zero-order chi connectivity index (χ0) is 12.5. The van der Waals surface area contributed by atoms with Gasteiger partial charge in [0.25, 0.3) is 0 Å². The first-order valence-electron chi connectivity index (χ1n) is 5.09. The maximum Gasteiger partial charge on any atom is 0.134 e. The predicted octanol–water partition coefficient (Wildman–Crippen LogP) is 3.63. The maximum absolute atomic E-state index is 9.97. The van der Waals surface area contributed by atoms with Crippen LogP contribution in [0.5, 0.6) is 11.5 Å². The van der Waals surface area contributed by atoms with Crippen molar-refractivity contribution in [1.29, 1.82) is 0 Å². The van der Waals surface area contributed by atoms with Crippen molar-refractivity contribution >= 4 is 28.3 Å². The molecule has 0 radical (unpaired) electrons. The highest BCUT2D eigenvalue weighted by Crippen LogP contribution is 2.40. The van der Waals surface area contributed by atoms with Gasteiger partial charge in [0.15, 0.2) is 0 Å². The minimum atomic E-state index is -0.251. The molecule has 1 aromatic rings. The van der Waals surface area contributed by atoms with E-state index in [0.29, 0.717) is 15.8 Å². The Bertz CT molecular complexity index is 391. The second kappa shape index (κ2) is 5.94. The first kappa shape index (κ1) is 16.6. The van der Waals surface area contributed by atoms with E-state index < -0.39 is 0 Å². The van der Waals surface area contributed by atoms with E-state index in [1.54, 1.807) is 19.2 Å². The summed E-state index contributed by atoms with van der Waals surface area (Å²) in [6.45, 7) is 6.10. The van der Waals surface area contributed by atoms with Crippen molar-refractivity contribution in [2.75, 3.05) is 7.11 Å². The molecule has 98 valence electrons. The molecule has 0 aliphatic heterocycles. The Labute approximate surface area is 117 Å². The molecule has 17 heavy (non-hydrogen) atoms. The second-order valence-corrected chi connectivity index (χ2v) is 5.75. The van der Waals surface area contributed by atoms with Gasteiger partial charge in [0.2, 0.25) is 0 Å². The summed E-state index contributed by atoms with van der Waals surface area (Å²) < 4.78 is 5.76. The van der Waals surface area contributed by atoms with Crippen LogP contribution in [-0.2, 0) is 0 Å². The number of aromatic hydroxyl groups is 1. The molecule has 0 aliphatic carbocycles. The molecule has 0 amide bonds. The lowest BCUT2D eigenvalue weighted by molar-refractivity contribution is 0.315. The van der Waals surface area contributed by atoms with Crippen LogP contribution in [-0.4, -0.2) is 12.2 Å². The summed E-state index contributed by atoms with van der Waals surface area (Å²) in [5.41, 5.74) is 6.70. The smallest absolute Gasteiger partial charge is 0.134 e. The summed E-state index contributed by atoms with van der Waals surface area (Å²) in [7, 11) is 1.59. The minimum absolute atomic E-state index is 0. The van der Waals surface area contributed by atoms with Gasteiger partial charge in [0, 0.05) is 11.6 Å². The van der Waals surface area contributed by atoms with E-state index in [0.717, 1.165) is 0 Å². The Balaban J connectivity index is 0.00000256. The Morgan fingerprint density at radius 3 is 2.29 bits per heavy atom. The molecule has 0 aromatic heterocycles. The normalized spacial score (nSPS) is 12.8. The topological polar surface area (TPSA) is 55.5 Å². The lowest BCUT2D eigenvalue weighted by Gasteiger charge is -2.28. The number of phenols is 1. The van der Waals surface area contributed by atoms with Crippen molar-refractivity contribution in [3.63, 3.8) is 0 Å². The second-order valence-electron chi connectivity index (χ2n) is 4.89. The van der Waals surface area contributed by atoms with Crippen molar-refractivity contribution in [3.05, 3.63) is 22.2 Å². The van der Waals surface area contributed by atoms with Crippen LogP contribution in [0, 0.1) is 5.41 Å². The van der Waals surface area contributed by atoms with E-state index in [1.807, 2.05) is 20.8 Å². The Morgan fingerprint density at radius 1 is 1.35 bits per heavy atom. The molecule has 3 nitrogen and oxygen atoms in total. The molecule has 3 N–H and O–H groups in total. The SMILES string of the molecule is COc1cc(Br)c(O)c([C@@H](N)C(C)(C)C)c1.Cl. The van der Waals surface area contributed by atoms with Crippen LogP contribution < -0.4 is 10.5 Å². The number of benzene rings is 1. The van der Waals surface area contributed by atoms with Crippen LogP contribution in [0.2, 0.25) is 0 Å². The number of methoxy groups -OCH3 is 1. The minimum Gasteiger partial charge on any atom is -0.506 e. The van der Waals surface area contributed by atoms with E-state index in [9.17, 15) is 5.11 Å². The fraction of sp³-hybridized carbons (Fsp3) is 0.500. The number of halogens is 2. The van der Waals surface area contributed by atoms with Gasteiger partial charge in [-0.2, -0.15) is 0 Å². The lowest BCUT2D eigenvalue weighted by Crippen LogP contribution is -2.26. The van der Waals surface area contributed by atoms with Gasteiger partial charge in [0.05, 0.1) is 11.6 Å². The van der Waals surface area contributed by atoms with E-state index in [-0.39, 0.29) is 29.6 Å². The molecular formula is C12H19BrClNO2. The van der Waals surface area contributed by atoms with Crippen LogP contribution in [0.1, 0.15) is 32.4 Å². The highest BCUT2D eigenvalue weighted by atomic mass is 79.9. The standard InChI is InChI=1S/C12H18BrNO2.ClH/c1-12(2,3)11(14)8-5-7(16-4)6-9(13)10(8)15;/h5-6,11,15H,14H2,1-4H3;1H/t11-;/m1./s1. The molecule has 1 aromatic carbocycles. The molecule has 0 saturated carbocycles. The van der Waals surface area contributed by atoms with Crippen molar-refractivity contribution < 1.29 is 9.84 Å². The van der Waals surface area contributed by atoms with Gasteiger partial charge in [0.1, 0.15) is 11.5 Å². The zero-order valence-electron chi connectivity index (χ0n) is 10.5. The van der Waals surface area contributed by atoms with Gasteiger partial charge in [-0.05, 0) is 33.5 Å². The summed E-state index contributed by atoms with van der Waals surface area (Å²) in [6.07, 6.45) is 0. The number of phenolic OH excluding ortho intramolecular Hbond substituents is 1. The quantitative estimate of drug-likeness (QED) is 0.873. The molecule has 5 heteroatoms. The van der Waals surface area contributed by atoms with Gasteiger partial charge in [-0.15, -0.1) is 12.4 Å². The molecule has 1 rings (SSSR count). The van der Waals surface area contributed by atoms with E-state index >= 15 is 0 Å². The van der Waals surface area contributed by atoms with Crippen LogP contribution in [0.25, 0.3) is 0 Å². The predicted molar refractivity (Wildman–Crippen MR) is 76.0 cm³/mol. The van der Waals surface area contributed by atoms with Gasteiger partial charge in [-0.25, -0.2) is 0 Å². The van der Waals surface area contributed by atoms with E-state index in [1.165, 1.54) is 0 Å².